The smallest absolute Gasteiger partial charge is 0.226 e. The number of aromatic nitrogens is 2. The SMILES string of the molecule is O=C(Cc1[nH]c(=S)n2c1C[C@H](c1c(F)c(F)cc(F)c1F)C2)NC1CCCCC1O. The van der Waals surface area contributed by atoms with Gasteiger partial charge in [0, 0.05) is 35.5 Å². The third kappa shape index (κ3) is 3.78. The van der Waals surface area contributed by atoms with E-state index in [-0.39, 0.29) is 42.2 Å². The summed E-state index contributed by atoms with van der Waals surface area (Å²) in [4.78, 5) is 15.4. The van der Waals surface area contributed by atoms with E-state index in [1.54, 1.807) is 4.57 Å². The molecule has 5 nitrogen and oxygen atoms in total. The molecular weight excluding hydrogens is 422 g/mol. The number of rotatable bonds is 4. The Kier molecular flexibility index (Phi) is 5.71. The lowest BCUT2D eigenvalue weighted by atomic mass is 9.92. The van der Waals surface area contributed by atoms with E-state index in [0.29, 0.717) is 24.2 Å². The van der Waals surface area contributed by atoms with Gasteiger partial charge in [0.1, 0.15) is 0 Å². The van der Waals surface area contributed by atoms with Gasteiger partial charge in [0.25, 0.3) is 0 Å². The van der Waals surface area contributed by atoms with E-state index in [4.69, 9.17) is 12.2 Å². The number of nitrogens with one attached hydrogen (secondary N) is 2. The van der Waals surface area contributed by atoms with Crippen LogP contribution in [0.1, 0.15) is 48.6 Å². The highest BCUT2D eigenvalue weighted by atomic mass is 32.1. The van der Waals surface area contributed by atoms with Crippen molar-refractivity contribution in [3.05, 3.63) is 51.1 Å². The molecule has 2 unspecified atom stereocenters. The number of benzene rings is 1. The van der Waals surface area contributed by atoms with Crippen LogP contribution in [0, 0.1) is 28.0 Å². The normalized spacial score (nSPS) is 23.4. The van der Waals surface area contributed by atoms with Gasteiger partial charge in [-0.05, 0) is 31.5 Å². The summed E-state index contributed by atoms with van der Waals surface area (Å²) >= 11 is 5.25. The van der Waals surface area contributed by atoms with E-state index in [1.807, 2.05) is 0 Å². The van der Waals surface area contributed by atoms with Gasteiger partial charge in [-0.1, -0.05) is 12.8 Å². The van der Waals surface area contributed by atoms with E-state index in [0.717, 1.165) is 12.8 Å². The lowest BCUT2D eigenvalue weighted by molar-refractivity contribution is -0.122. The molecule has 2 aromatic rings. The number of carbonyl (C=O) groups excluding carboxylic acids is 1. The molecule has 10 heteroatoms. The molecule has 2 aliphatic rings. The second-order valence-corrected chi connectivity index (χ2v) is 8.34. The van der Waals surface area contributed by atoms with E-state index in [9.17, 15) is 27.5 Å². The van der Waals surface area contributed by atoms with Crippen molar-refractivity contribution in [3.8, 4) is 0 Å². The molecule has 1 aromatic carbocycles. The molecule has 1 fully saturated rings. The minimum atomic E-state index is -1.45. The predicted octanol–water partition coefficient (Wildman–Crippen LogP) is 3.40. The highest BCUT2D eigenvalue weighted by molar-refractivity contribution is 7.71. The molecule has 3 N–H and O–H groups in total. The molecule has 0 spiro atoms. The zero-order valence-corrected chi connectivity index (χ0v) is 16.8. The average Bonchev–Trinajstić information content (AvgIpc) is 3.24. The van der Waals surface area contributed by atoms with Crippen molar-refractivity contribution >= 4 is 18.1 Å². The molecule has 2 heterocycles. The number of hydrogen-bond donors (Lipinski definition) is 3. The van der Waals surface area contributed by atoms with Gasteiger partial charge in [0.05, 0.1) is 18.6 Å². The molecule has 1 aliphatic heterocycles. The number of amides is 1. The van der Waals surface area contributed by atoms with Gasteiger partial charge in [0.15, 0.2) is 28.0 Å². The van der Waals surface area contributed by atoms with Crippen LogP contribution < -0.4 is 5.32 Å². The molecule has 1 saturated carbocycles. The van der Waals surface area contributed by atoms with Crippen molar-refractivity contribution in [1.29, 1.82) is 0 Å². The zero-order valence-electron chi connectivity index (χ0n) is 16.0. The first-order chi connectivity index (χ1) is 14.3. The standard InChI is InChI=1S/C20H21F4N3O2S/c21-10-6-11(22)19(24)17(18(10)23)9-5-14-13(26-20(30)27(14)8-9)7-16(29)25-12-3-1-2-4-15(12)28/h6,9,12,15,28H,1-5,7-8H2,(H,25,29)(H,26,30)/t9-,12?,15?/m0/s1. The Bertz CT molecular complexity index is 1030. The van der Waals surface area contributed by atoms with Gasteiger partial charge in [0.2, 0.25) is 5.91 Å². The van der Waals surface area contributed by atoms with Crippen molar-refractivity contribution in [3.63, 3.8) is 0 Å². The Balaban J connectivity index is 1.54. The molecule has 0 radical (unpaired) electrons. The molecule has 3 atom stereocenters. The predicted molar refractivity (Wildman–Crippen MR) is 102 cm³/mol. The Hall–Kier alpha value is -2.20. The first-order valence-electron chi connectivity index (χ1n) is 9.87. The zero-order chi connectivity index (χ0) is 21.6. The van der Waals surface area contributed by atoms with Gasteiger partial charge in [-0.25, -0.2) is 17.6 Å². The van der Waals surface area contributed by atoms with Crippen molar-refractivity contribution in [2.75, 3.05) is 0 Å². The maximum absolute atomic E-state index is 14.2. The van der Waals surface area contributed by atoms with Crippen molar-refractivity contribution in [2.24, 2.45) is 0 Å². The number of fused-ring (bicyclic) bond motifs is 1. The van der Waals surface area contributed by atoms with Gasteiger partial charge >= 0.3 is 0 Å². The minimum Gasteiger partial charge on any atom is -0.391 e. The molecule has 30 heavy (non-hydrogen) atoms. The lowest BCUT2D eigenvalue weighted by Gasteiger charge is -2.28. The molecule has 0 bridgehead atoms. The lowest BCUT2D eigenvalue weighted by Crippen LogP contribution is -2.45. The molecule has 0 saturated heterocycles. The van der Waals surface area contributed by atoms with Gasteiger partial charge < -0.3 is 20.0 Å². The topological polar surface area (TPSA) is 70.0 Å². The maximum Gasteiger partial charge on any atom is 0.226 e. The minimum absolute atomic E-state index is 0.0460. The van der Waals surface area contributed by atoms with Crippen LogP contribution in [0.15, 0.2) is 6.07 Å². The summed E-state index contributed by atoms with van der Waals surface area (Å²) in [6, 6.07) is -0.124. The quantitative estimate of drug-likeness (QED) is 0.385. The van der Waals surface area contributed by atoms with Crippen LogP contribution in [0.4, 0.5) is 17.6 Å². The summed E-state index contributed by atoms with van der Waals surface area (Å²) in [5, 5.41) is 12.8. The monoisotopic (exact) mass is 443 g/mol. The summed E-state index contributed by atoms with van der Waals surface area (Å²) in [5.41, 5.74) is 0.419. The Morgan fingerprint density at radius 3 is 2.53 bits per heavy atom. The Morgan fingerprint density at radius 2 is 1.87 bits per heavy atom. The molecule has 1 aliphatic carbocycles. The van der Waals surface area contributed by atoms with Crippen LogP contribution in [0.5, 0.6) is 0 Å². The summed E-state index contributed by atoms with van der Waals surface area (Å²) in [7, 11) is 0. The summed E-state index contributed by atoms with van der Waals surface area (Å²) in [6.07, 6.45) is 2.63. The fraction of sp³-hybridized carbons (Fsp3) is 0.500. The molecule has 162 valence electrons. The second kappa shape index (κ2) is 8.14. The van der Waals surface area contributed by atoms with Crippen LogP contribution in [0.2, 0.25) is 0 Å². The number of nitrogens with zero attached hydrogens (tertiary/aromatic N) is 1. The van der Waals surface area contributed by atoms with Gasteiger partial charge in [-0.15, -0.1) is 0 Å². The van der Waals surface area contributed by atoms with Crippen LogP contribution >= 0.6 is 12.2 Å². The van der Waals surface area contributed by atoms with E-state index in [1.165, 1.54) is 0 Å². The fourth-order valence-electron chi connectivity index (χ4n) is 4.49. The first-order valence-corrected chi connectivity index (χ1v) is 10.3. The number of aromatic amines is 1. The van der Waals surface area contributed by atoms with Crippen molar-refractivity contribution < 1.29 is 27.5 Å². The maximum atomic E-state index is 14.2. The fourth-order valence-corrected chi connectivity index (χ4v) is 4.79. The van der Waals surface area contributed by atoms with Gasteiger partial charge in [-0.3, -0.25) is 4.79 Å². The Labute approximate surface area is 175 Å². The highest BCUT2D eigenvalue weighted by Crippen LogP contribution is 2.36. The third-order valence-corrected chi connectivity index (χ3v) is 6.31. The summed E-state index contributed by atoms with van der Waals surface area (Å²) in [6.45, 7) is 0.0460. The van der Waals surface area contributed by atoms with E-state index >= 15 is 0 Å². The number of aliphatic hydroxyl groups excluding tert-OH is 1. The number of halogens is 4. The molecular formula is C20H21F4N3O2S. The van der Waals surface area contributed by atoms with Crippen molar-refractivity contribution in [2.45, 2.75) is 63.1 Å². The number of H-pyrrole nitrogens is 1. The van der Waals surface area contributed by atoms with Crippen LogP contribution in [0.25, 0.3) is 0 Å². The second-order valence-electron chi connectivity index (χ2n) is 7.95. The van der Waals surface area contributed by atoms with Gasteiger partial charge in [-0.2, -0.15) is 0 Å². The first kappa shape index (κ1) is 21.0. The van der Waals surface area contributed by atoms with E-state index in [2.05, 4.69) is 10.3 Å². The number of carbonyl (C=O) groups is 1. The van der Waals surface area contributed by atoms with E-state index < -0.39 is 40.9 Å². The molecule has 1 aromatic heterocycles. The Morgan fingerprint density at radius 1 is 1.20 bits per heavy atom. The summed E-state index contributed by atoms with van der Waals surface area (Å²) < 4.78 is 57.6. The van der Waals surface area contributed by atoms with Crippen molar-refractivity contribution in [1.82, 2.24) is 14.9 Å². The number of aliphatic hydroxyl groups is 1. The molecule has 1 amide bonds. The average molecular weight is 443 g/mol. The third-order valence-electron chi connectivity index (χ3n) is 5.99. The largest absolute Gasteiger partial charge is 0.391 e. The van der Waals surface area contributed by atoms with Crippen LogP contribution in [-0.2, 0) is 24.2 Å². The van der Waals surface area contributed by atoms with Crippen LogP contribution in [0.3, 0.4) is 0 Å². The van der Waals surface area contributed by atoms with Crippen LogP contribution in [-0.4, -0.2) is 32.7 Å². The molecule has 4 rings (SSSR count). The number of hydrogen-bond acceptors (Lipinski definition) is 3. The highest BCUT2D eigenvalue weighted by Gasteiger charge is 2.34. The summed E-state index contributed by atoms with van der Waals surface area (Å²) in [5.74, 6) is -6.87. The number of imidazole rings is 1.